The van der Waals surface area contributed by atoms with Crippen molar-refractivity contribution in [2.75, 3.05) is 29.9 Å². The second kappa shape index (κ2) is 6.99. The molecule has 2 rings (SSSR count). The number of carbonyl (C=O) groups excluding carboxylic acids is 1. The predicted molar refractivity (Wildman–Crippen MR) is 87.1 cm³/mol. The Balaban J connectivity index is 1.78. The predicted octanol–water partition coefficient (Wildman–Crippen LogP) is 2.42. The molecule has 0 aromatic heterocycles. The Morgan fingerprint density at radius 3 is 2.80 bits per heavy atom. The van der Waals surface area contributed by atoms with Crippen LogP contribution >= 0.6 is 11.8 Å². The van der Waals surface area contributed by atoms with Crippen molar-refractivity contribution in [1.82, 2.24) is 4.90 Å². The number of carbonyl (C=O) groups is 1. The molecule has 1 amide bonds. The molecule has 2 unspecified atom stereocenters. The van der Waals surface area contributed by atoms with Gasteiger partial charge in [-0.05, 0) is 31.2 Å². The summed E-state index contributed by atoms with van der Waals surface area (Å²) in [5.41, 5.74) is 7.13. The molecule has 0 radical (unpaired) electrons. The summed E-state index contributed by atoms with van der Waals surface area (Å²) in [6.07, 6.45) is 0.534. The summed E-state index contributed by atoms with van der Waals surface area (Å²) >= 11 is 2.01. The molecule has 1 aromatic rings. The highest BCUT2D eigenvalue weighted by Gasteiger charge is 2.25. The average Bonchev–Trinajstić information content (AvgIpc) is 2.43. The third-order valence-electron chi connectivity index (χ3n) is 3.84. The monoisotopic (exact) mass is 293 g/mol. The van der Waals surface area contributed by atoms with Gasteiger partial charge in [0.25, 0.3) is 0 Å². The number of rotatable bonds is 4. The molecule has 1 aromatic carbocycles. The van der Waals surface area contributed by atoms with Crippen LogP contribution in [0.4, 0.5) is 11.4 Å². The number of nitrogens with one attached hydrogen (secondary N) is 1. The van der Waals surface area contributed by atoms with E-state index in [1.165, 1.54) is 0 Å². The summed E-state index contributed by atoms with van der Waals surface area (Å²) in [7, 11) is 0. The van der Waals surface area contributed by atoms with Crippen LogP contribution in [0.1, 0.15) is 20.3 Å². The second-order valence-corrected chi connectivity index (χ2v) is 6.76. The van der Waals surface area contributed by atoms with Gasteiger partial charge in [0, 0.05) is 47.9 Å². The van der Waals surface area contributed by atoms with Gasteiger partial charge in [0.15, 0.2) is 0 Å². The fourth-order valence-electron chi connectivity index (χ4n) is 2.35. The van der Waals surface area contributed by atoms with Gasteiger partial charge in [-0.25, -0.2) is 0 Å². The molecule has 1 fully saturated rings. The molecule has 0 aliphatic carbocycles. The Hall–Kier alpha value is -1.20. The average molecular weight is 293 g/mol. The molecule has 0 saturated carbocycles. The highest BCUT2D eigenvalue weighted by atomic mass is 32.2. The van der Waals surface area contributed by atoms with Crippen LogP contribution in [0.25, 0.3) is 0 Å². The molecule has 2 atom stereocenters. The van der Waals surface area contributed by atoms with Crippen molar-refractivity contribution in [3.05, 3.63) is 24.3 Å². The molecule has 0 bridgehead atoms. The number of amides is 1. The maximum atomic E-state index is 12.0. The Morgan fingerprint density at radius 2 is 2.10 bits per heavy atom. The van der Waals surface area contributed by atoms with Crippen LogP contribution < -0.4 is 11.1 Å². The van der Waals surface area contributed by atoms with Gasteiger partial charge in [0.1, 0.15) is 0 Å². The van der Waals surface area contributed by atoms with E-state index >= 15 is 0 Å². The molecule has 110 valence electrons. The van der Waals surface area contributed by atoms with Crippen molar-refractivity contribution < 1.29 is 4.79 Å². The second-order valence-electron chi connectivity index (χ2n) is 5.27. The first-order valence-electron chi connectivity index (χ1n) is 7.07. The van der Waals surface area contributed by atoms with Crippen molar-refractivity contribution in [3.63, 3.8) is 0 Å². The lowest BCUT2D eigenvalue weighted by Crippen LogP contribution is -2.45. The van der Waals surface area contributed by atoms with Crippen molar-refractivity contribution in [1.29, 1.82) is 0 Å². The van der Waals surface area contributed by atoms with Crippen molar-refractivity contribution in [3.8, 4) is 0 Å². The number of thioether (sulfide) groups is 1. The first-order chi connectivity index (χ1) is 9.56. The first kappa shape index (κ1) is 15.2. The third-order valence-corrected chi connectivity index (χ3v) is 5.17. The zero-order chi connectivity index (χ0) is 14.5. The lowest BCUT2D eigenvalue weighted by molar-refractivity contribution is -0.116. The maximum absolute atomic E-state index is 12.0. The SMILES string of the molecule is CC1SCCN(CCC(=O)Nc2ccc(N)cc2)C1C. The van der Waals surface area contributed by atoms with Gasteiger partial charge in [0.05, 0.1) is 0 Å². The molecular formula is C15H23N3OS. The van der Waals surface area contributed by atoms with Gasteiger partial charge in [-0.2, -0.15) is 11.8 Å². The van der Waals surface area contributed by atoms with Crippen LogP contribution in [0.15, 0.2) is 24.3 Å². The number of nitrogens with two attached hydrogens (primary N) is 1. The standard InChI is InChI=1S/C15H23N3OS/c1-11-12(2)20-10-9-18(11)8-7-15(19)17-14-5-3-13(16)4-6-14/h3-6,11-12H,7-10,16H2,1-2H3,(H,17,19). The summed E-state index contributed by atoms with van der Waals surface area (Å²) in [6.45, 7) is 6.41. The van der Waals surface area contributed by atoms with Crippen LogP contribution in [0.2, 0.25) is 0 Å². The minimum atomic E-state index is 0.0628. The van der Waals surface area contributed by atoms with Crippen molar-refractivity contribution >= 4 is 29.0 Å². The lowest BCUT2D eigenvalue weighted by Gasteiger charge is -2.37. The van der Waals surface area contributed by atoms with E-state index in [4.69, 9.17) is 5.73 Å². The number of benzene rings is 1. The van der Waals surface area contributed by atoms with E-state index in [0.29, 0.717) is 23.4 Å². The van der Waals surface area contributed by atoms with Crippen LogP contribution in [0.5, 0.6) is 0 Å². The van der Waals surface area contributed by atoms with Crippen LogP contribution in [-0.2, 0) is 4.79 Å². The molecule has 5 heteroatoms. The number of hydrogen-bond donors (Lipinski definition) is 2. The van der Waals surface area contributed by atoms with Gasteiger partial charge in [-0.3, -0.25) is 9.69 Å². The van der Waals surface area contributed by atoms with E-state index in [1.54, 1.807) is 12.1 Å². The Morgan fingerprint density at radius 1 is 1.40 bits per heavy atom. The number of nitrogen functional groups attached to an aromatic ring is 1. The molecule has 3 N–H and O–H groups in total. The lowest BCUT2D eigenvalue weighted by atomic mass is 10.2. The number of anilines is 2. The largest absolute Gasteiger partial charge is 0.399 e. The summed E-state index contributed by atoms with van der Waals surface area (Å²) in [4.78, 5) is 14.4. The Kier molecular flexibility index (Phi) is 5.31. The number of hydrogen-bond acceptors (Lipinski definition) is 4. The highest BCUT2D eigenvalue weighted by Crippen LogP contribution is 2.24. The van der Waals surface area contributed by atoms with E-state index in [2.05, 4.69) is 24.1 Å². The molecule has 1 saturated heterocycles. The van der Waals surface area contributed by atoms with Gasteiger partial charge in [-0.1, -0.05) is 6.92 Å². The molecule has 1 aliphatic rings. The third kappa shape index (κ3) is 4.15. The molecule has 1 aliphatic heterocycles. The van der Waals surface area contributed by atoms with E-state index < -0.39 is 0 Å². The normalized spacial score (nSPS) is 23.5. The highest BCUT2D eigenvalue weighted by molar-refractivity contribution is 8.00. The smallest absolute Gasteiger partial charge is 0.225 e. The summed E-state index contributed by atoms with van der Waals surface area (Å²) < 4.78 is 0. The molecule has 1 heterocycles. The van der Waals surface area contributed by atoms with Crippen molar-refractivity contribution in [2.24, 2.45) is 0 Å². The van der Waals surface area contributed by atoms with E-state index in [-0.39, 0.29) is 5.91 Å². The van der Waals surface area contributed by atoms with Crippen LogP contribution in [-0.4, -0.2) is 40.9 Å². The summed E-state index contributed by atoms with van der Waals surface area (Å²) in [6, 6.07) is 7.78. The molecule has 0 spiro atoms. The maximum Gasteiger partial charge on any atom is 0.225 e. The minimum absolute atomic E-state index is 0.0628. The fraction of sp³-hybridized carbons (Fsp3) is 0.533. The quantitative estimate of drug-likeness (QED) is 0.837. The topological polar surface area (TPSA) is 58.4 Å². The first-order valence-corrected chi connectivity index (χ1v) is 8.12. The van der Waals surface area contributed by atoms with Gasteiger partial charge < -0.3 is 11.1 Å². The zero-order valence-corrected chi connectivity index (χ0v) is 13.0. The van der Waals surface area contributed by atoms with Gasteiger partial charge in [0.2, 0.25) is 5.91 Å². The fourth-order valence-corrected chi connectivity index (χ4v) is 3.51. The minimum Gasteiger partial charge on any atom is -0.399 e. The van der Waals surface area contributed by atoms with Gasteiger partial charge >= 0.3 is 0 Å². The van der Waals surface area contributed by atoms with E-state index in [9.17, 15) is 4.79 Å². The Bertz CT molecular complexity index is 449. The molecule has 4 nitrogen and oxygen atoms in total. The summed E-state index contributed by atoms with van der Waals surface area (Å²) in [5.74, 6) is 1.22. The van der Waals surface area contributed by atoms with E-state index in [1.807, 2.05) is 23.9 Å². The molecular weight excluding hydrogens is 270 g/mol. The Labute approximate surface area is 125 Å². The van der Waals surface area contributed by atoms with Crippen molar-refractivity contribution in [2.45, 2.75) is 31.6 Å². The van der Waals surface area contributed by atoms with E-state index in [0.717, 1.165) is 24.5 Å². The van der Waals surface area contributed by atoms with Crippen LogP contribution in [0, 0.1) is 0 Å². The molecule has 20 heavy (non-hydrogen) atoms. The van der Waals surface area contributed by atoms with Crippen LogP contribution in [0.3, 0.4) is 0 Å². The zero-order valence-electron chi connectivity index (χ0n) is 12.1. The number of nitrogens with zero attached hydrogens (tertiary/aromatic N) is 1. The van der Waals surface area contributed by atoms with Gasteiger partial charge in [-0.15, -0.1) is 0 Å². The summed E-state index contributed by atoms with van der Waals surface area (Å²) in [5, 5.41) is 3.55.